The molecule has 0 radical (unpaired) electrons. The van der Waals surface area contributed by atoms with Crippen molar-refractivity contribution in [3.8, 4) is 0 Å². The van der Waals surface area contributed by atoms with Crippen LogP contribution in [0, 0.1) is 20.8 Å². The maximum Gasteiger partial charge on any atom is 3.00 e. The zero-order valence-electron chi connectivity index (χ0n) is 7.26. The minimum Gasteiger partial charge on any atom is -0.245 e. The molecule has 0 N–H and O–H groups in total. The maximum atomic E-state index is 3.25. The molecule has 0 aromatic rings. The largest absolute Gasteiger partial charge is 3.00 e. The van der Waals surface area contributed by atoms with Crippen molar-refractivity contribution in [1.82, 2.24) is 0 Å². The summed E-state index contributed by atoms with van der Waals surface area (Å²) in [6.07, 6.45) is 4.50. The van der Waals surface area contributed by atoms with Crippen LogP contribution in [-0.4, -0.2) is 0 Å². The van der Waals surface area contributed by atoms with Crippen LogP contribution in [0.1, 0.15) is 0 Å². The van der Waals surface area contributed by atoms with E-state index < -0.39 is 0 Å². The Kier molecular flexibility index (Phi) is 220. The van der Waals surface area contributed by atoms with Gasteiger partial charge in [0, 0.05) is 0 Å². The third-order valence-electron chi connectivity index (χ3n) is 0. The van der Waals surface area contributed by atoms with Crippen molar-refractivity contribution < 1.29 is 32.7 Å². The average Bonchev–Trinajstić information content (AvgIpc) is 1.70. The minimum atomic E-state index is 0. The van der Waals surface area contributed by atoms with Crippen molar-refractivity contribution in [2.45, 2.75) is 0 Å². The summed E-state index contributed by atoms with van der Waals surface area (Å²) in [6.45, 7) is 19.5. The van der Waals surface area contributed by atoms with Crippen LogP contribution in [0.2, 0.25) is 0 Å². The van der Waals surface area contributed by atoms with Gasteiger partial charge in [0.2, 0.25) is 0 Å². The van der Waals surface area contributed by atoms with E-state index >= 15 is 0 Å². The molecule has 0 heterocycles. The summed E-state index contributed by atoms with van der Waals surface area (Å²) < 4.78 is 0. The van der Waals surface area contributed by atoms with E-state index in [0.717, 1.165) is 0 Å². The Bertz CT molecular complexity index is 46.3. The predicted octanol–water partition coefficient (Wildman–Crippen LogP) is 3.08. The molecular formula is C9H18PY. The monoisotopic (exact) mass is 246 g/mol. The van der Waals surface area contributed by atoms with Crippen LogP contribution in [0.4, 0.5) is 0 Å². The molecule has 0 bridgehead atoms. The summed E-state index contributed by atoms with van der Waals surface area (Å²) in [5.74, 6) is 0. The molecule has 0 aromatic carbocycles. The van der Waals surface area contributed by atoms with Gasteiger partial charge in [-0.2, -0.15) is 9.90 Å². The molecule has 1 atom stereocenters. The van der Waals surface area contributed by atoms with Gasteiger partial charge in [0.1, 0.15) is 0 Å². The fourth-order valence-corrected chi connectivity index (χ4v) is 0. The Balaban J connectivity index is -0.0000000150. The van der Waals surface area contributed by atoms with Crippen molar-refractivity contribution in [1.29, 1.82) is 0 Å². The fourth-order valence-electron chi connectivity index (χ4n) is 0. The fraction of sp³-hybridized carbons (Fsp3) is 0. The molecule has 0 saturated carbocycles. The van der Waals surface area contributed by atoms with E-state index in [1.165, 1.54) is 18.2 Å². The Morgan fingerprint density at radius 2 is 0.727 bits per heavy atom. The standard InChI is InChI=1S/3C3H5.H3P.Y/c3*1-3-2;;/h3*3H,1-2H2;1H3;/q3*-1;;+3. The van der Waals surface area contributed by atoms with Crippen LogP contribution in [0.25, 0.3) is 0 Å². The number of hydrogen-bond donors (Lipinski definition) is 0. The van der Waals surface area contributed by atoms with Crippen LogP contribution < -0.4 is 0 Å². The van der Waals surface area contributed by atoms with E-state index in [0.29, 0.717) is 0 Å². The van der Waals surface area contributed by atoms with Gasteiger partial charge in [-0.1, -0.05) is 0 Å². The van der Waals surface area contributed by atoms with Crippen LogP contribution in [0.15, 0.2) is 38.0 Å². The maximum absolute atomic E-state index is 3.25. The quantitative estimate of drug-likeness (QED) is 0.455. The minimum absolute atomic E-state index is 0. The molecule has 0 aromatic heterocycles. The SMILES string of the molecule is C=C[CH2-].C=C[CH2-].C=C[CH2-].P.[Y+3]. The van der Waals surface area contributed by atoms with Crippen molar-refractivity contribution >= 4 is 9.90 Å². The van der Waals surface area contributed by atoms with Crippen LogP contribution >= 0.6 is 9.90 Å². The molecule has 0 saturated heterocycles. The second-order valence-corrected chi connectivity index (χ2v) is 0.866. The first-order valence-electron chi connectivity index (χ1n) is 2.45. The van der Waals surface area contributed by atoms with E-state index in [2.05, 4.69) is 40.5 Å². The summed E-state index contributed by atoms with van der Waals surface area (Å²) in [6, 6.07) is 0. The molecule has 0 aliphatic rings. The van der Waals surface area contributed by atoms with Crippen LogP contribution in [-0.2, 0) is 32.7 Å². The van der Waals surface area contributed by atoms with E-state index in [-0.39, 0.29) is 42.6 Å². The van der Waals surface area contributed by atoms with Gasteiger partial charge >= 0.3 is 32.7 Å². The van der Waals surface area contributed by atoms with Crippen LogP contribution in [0.3, 0.4) is 0 Å². The number of hydrogen-bond acceptors (Lipinski definition) is 0. The summed E-state index contributed by atoms with van der Waals surface area (Å²) in [5.41, 5.74) is 0. The third-order valence-corrected chi connectivity index (χ3v) is 0. The Morgan fingerprint density at radius 1 is 0.727 bits per heavy atom. The van der Waals surface area contributed by atoms with Crippen molar-refractivity contribution in [3.63, 3.8) is 0 Å². The zero-order chi connectivity index (χ0) is 8.12. The Hall–Kier alpha value is 0.364. The van der Waals surface area contributed by atoms with E-state index in [1.807, 2.05) is 0 Å². The number of allylic oxidation sites excluding steroid dienone is 3. The second kappa shape index (κ2) is 80.3. The first-order valence-corrected chi connectivity index (χ1v) is 2.45. The molecule has 1 unspecified atom stereocenters. The second-order valence-electron chi connectivity index (χ2n) is 0.866. The van der Waals surface area contributed by atoms with Crippen molar-refractivity contribution in [3.05, 3.63) is 58.7 Å². The summed E-state index contributed by atoms with van der Waals surface area (Å²) in [5, 5.41) is 0. The first kappa shape index (κ1) is 30.1. The third kappa shape index (κ3) is 5480. The van der Waals surface area contributed by atoms with Crippen molar-refractivity contribution in [2.24, 2.45) is 0 Å². The molecule has 0 amide bonds. The molecule has 0 nitrogen and oxygen atoms in total. The van der Waals surface area contributed by atoms with E-state index in [9.17, 15) is 0 Å². The smallest absolute Gasteiger partial charge is 0.245 e. The van der Waals surface area contributed by atoms with Gasteiger partial charge < -0.3 is 0 Å². The van der Waals surface area contributed by atoms with Gasteiger partial charge in [0.05, 0.1) is 0 Å². The molecule has 0 aliphatic carbocycles. The average molecular weight is 246 g/mol. The van der Waals surface area contributed by atoms with E-state index in [4.69, 9.17) is 0 Å². The molecular weight excluding hydrogens is 228 g/mol. The zero-order valence-corrected chi connectivity index (χ0v) is 11.5. The van der Waals surface area contributed by atoms with E-state index in [1.54, 1.807) is 0 Å². The molecule has 0 aliphatic heterocycles. The summed E-state index contributed by atoms with van der Waals surface area (Å²) >= 11 is 0. The molecule has 0 spiro atoms. The van der Waals surface area contributed by atoms with Crippen molar-refractivity contribution in [2.75, 3.05) is 0 Å². The van der Waals surface area contributed by atoms with Gasteiger partial charge in [-0.05, 0) is 0 Å². The normalized spacial score (nSPS) is 3.27. The summed E-state index contributed by atoms with van der Waals surface area (Å²) in [7, 11) is 0. The topological polar surface area (TPSA) is 0 Å². The summed E-state index contributed by atoms with van der Waals surface area (Å²) in [4.78, 5) is 0. The molecule has 0 rings (SSSR count). The Labute approximate surface area is 101 Å². The number of rotatable bonds is 0. The van der Waals surface area contributed by atoms with Gasteiger partial charge in [0.25, 0.3) is 0 Å². The molecule has 2 heteroatoms. The van der Waals surface area contributed by atoms with Crippen LogP contribution in [0.5, 0.6) is 0 Å². The molecule has 0 fully saturated rings. The molecule has 11 heavy (non-hydrogen) atoms. The van der Waals surface area contributed by atoms with Gasteiger partial charge in [-0.25, -0.2) is 58.7 Å². The molecule has 62 valence electrons. The van der Waals surface area contributed by atoms with Gasteiger partial charge in [-0.15, -0.1) is 0 Å². The Morgan fingerprint density at radius 3 is 0.727 bits per heavy atom. The van der Waals surface area contributed by atoms with Gasteiger partial charge in [-0.3, -0.25) is 0 Å². The first-order chi connectivity index (χ1) is 4.24. The van der Waals surface area contributed by atoms with Gasteiger partial charge in [0.15, 0.2) is 0 Å². The predicted molar refractivity (Wildman–Crippen MR) is 57.8 cm³/mol.